The fourth-order valence-electron chi connectivity index (χ4n) is 4.68. The van der Waals surface area contributed by atoms with Gasteiger partial charge in [0.05, 0.1) is 4.90 Å². The molecule has 1 aliphatic heterocycles. The number of hydrogen-bond donors (Lipinski definition) is 1. The molecule has 0 aromatic heterocycles. The molecule has 2 aromatic carbocycles. The fourth-order valence-corrected chi connectivity index (χ4v) is 6.04. The Labute approximate surface area is 179 Å². The Morgan fingerprint density at radius 1 is 1.00 bits per heavy atom. The number of anilines is 1. The maximum atomic E-state index is 13.2. The van der Waals surface area contributed by atoms with Gasteiger partial charge < -0.3 is 4.90 Å². The summed E-state index contributed by atoms with van der Waals surface area (Å²) in [7, 11) is -3.67. The molecule has 1 aliphatic carbocycles. The second kappa shape index (κ2) is 8.52. The highest BCUT2D eigenvalue weighted by atomic mass is 32.2. The van der Waals surface area contributed by atoms with Gasteiger partial charge in [-0.15, -0.1) is 0 Å². The molecule has 160 valence electrons. The number of amides is 1. The summed E-state index contributed by atoms with van der Waals surface area (Å²) >= 11 is 0. The van der Waals surface area contributed by atoms with Gasteiger partial charge in [0.1, 0.15) is 0 Å². The van der Waals surface area contributed by atoms with Gasteiger partial charge in [0, 0.05) is 25.2 Å². The Kier molecular flexibility index (Phi) is 5.98. The maximum Gasteiger partial charge on any atom is 0.241 e. The van der Waals surface area contributed by atoms with E-state index in [0.717, 1.165) is 42.5 Å². The van der Waals surface area contributed by atoms with E-state index in [1.54, 1.807) is 30.0 Å². The van der Waals surface area contributed by atoms with Crippen LogP contribution < -0.4 is 9.62 Å². The molecule has 1 amide bonds. The van der Waals surface area contributed by atoms with E-state index in [9.17, 15) is 13.2 Å². The molecule has 0 radical (unpaired) electrons. The van der Waals surface area contributed by atoms with Gasteiger partial charge in [-0.2, -0.15) is 0 Å². The summed E-state index contributed by atoms with van der Waals surface area (Å²) in [5.74, 6) is -0.0110. The lowest BCUT2D eigenvalue weighted by molar-refractivity contribution is -0.116. The van der Waals surface area contributed by atoms with E-state index in [1.165, 1.54) is 24.0 Å². The maximum absolute atomic E-state index is 13.2. The first kappa shape index (κ1) is 21.1. The van der Waals surface area contributed by atoms with Crippen LogP contribution in [0.3, 0.4) is 0 Å². The Bertz CT molecular complexity index is 1060. The standard InChI is InChI=1S/C24H30N2O3S/c1-3-23(20-11-10-18-7-4-5-8-19(18)15-20)25-30(28,29)22-12-13-24-21(16-22)9-6-14-26(24)17(2)27/h10-13,15-16,23,25H,3-9,14H2,1-2H3/t23-/m1/s1. The molecule has 1 atom stereocenters. The van der Waals surface area contributed by atoms with Crippen LogP contribution in [0.4, 0.5) is 5.69 Å². The Hall–Kier alpha value is -2.18. The van der Waals surface area contributed by atoms with Crippen molar-refractivity contribution in [2.45, 2.75) is 69.7 Å². The molecular weight excluding hydrogens is 396 g/mol. The molecule has 5 nitrogen and oxygen atoms in total. The highest BCUT2D eigenvalue weighted by molar-refractivity contribution is 7.89. The van der Waals surface area contributed by atoms with Crippen molar-refractivity contribution in [1.82, 2.24) is 4.72 Å². The number of rotatable bonds is 5. The lowest BCUT2D eigenvalue weighted by Gasteiger charge is -2.29. The first-order chi connectivity index (χ1) is 14.4. The van der Waals surface area contributed by atoms with Crippen LogP contribution in [0, 0.1) is 0 Å². The van der Waals surface area contributed by atoms with Crippen LogP contribution >= 0.6 is 0 Å². The minimum absolute atomic E-state index is 0.0110. The molecule has 0 fully saturated rings. The van der Waals surface area contributed by atoms with Gasteiger partial charge in [-0.3, -0.25) is 4.79 Å². The largest absolute Gasteiger partial charge is 0.312 e. The number of carbonyl (C=O) groups is 1. The third-order valence-corrected chi connectivity index (χ3v) is 7.81. The Morgan fingerprint density at radius 2 is 1.73 bits per heavy atom. The number of sulfonamides is 1. The number of nitrogens with zero attached hydrogens (tertiary/aromatic N) is 1. The van der Waals surface area contributed by atoms with E-state index in [0.29, 0.717) is 13.0 Å². The third-order valence-electron chi connectivity index (χ3n) is 6.34. The topological polar surface area (TPSA) is 66.5 Å². The number of aryl methyl sites for hydroxylation is 3. The van der Waals surface area contributed by atoms with Crippen LogP contribution in [0.2, 0.25) is 0 Å². The second-order valence-corrected chi connectivity index (χ2v) is 10.1. The van der Waals surface area contributed by atoms with Crippen molar-refractivity contribution in [3.63, 3.8) is 0 Å². The average Bonchev–Trinajstić information content (AvgIpc) is 2.76. The van der Waals surface area contributed by atoms with Crippen molar-refractivity contribution in [1.29, 1.82) is 0 Å². The molecule has 1 N–H and O–H groups in total. The summed E-state index contributed by atoms with van der Waals surface area (Å²) in [5.41, 5.74) is 5.53. The smallest absolute Gasteiger partial charge is 0.241 e. The van der Waals surface area contributed by atoms with E-state index in [1.807, 2.05) is 6.92 Å². The van der Waals surface area contributed by atoms with Gasteiger partial charge in [0.2, 0.25) is 15.9 Å². The van der Waals surface area contributed by atoms with Gasteiger partial charge in [-0.1, -0.05) is 25.1 Å². The average molecular weight is 427 g/mol. The summed E-state index contributed by atoms with van der Waals surface area (Å²) in [6, 6.07) is 11.3. The molecule has 0 saturated carbocycles. The lowest BCUT2D eigenvalue weighted by Crippen LogP contribution is -2.34. The molecular formula is C24H30N2O3S. The number of carbonyl (C=O) groups excluding carboxylic acids is 1. The van der Waals surface area contributed by atoms with Gasteiger partial charge in [-0.25, -0.2) is 13.1 Å². The van der Waals surface area contributed by atoms with Gasteiger partial charge in [0.25, 0.3) is 0 Å². The van der Waals surface area contributed by atoms with Crippen LogP contribution in [0.25, 0.3) is 0 Å². The monoisotopic (exact) mass is 426 g/mol. The van der Waals surface area contributed by atoms with Crippen molar-refractivity contribution < 1.29 is 13.2 Å². The van der Waals surface area contributed by atoms with Crippen molar-refractivity contribution in [3.8, 4) is 0 Å². The molecule has 0 bridgehead atoms. The second-order valence-electron chi connectivity index (χ2n) is 8.38. The molecule has 2 aromatic rings. The van der Waals surface area contributed by atoms with Crippen LogP contribution in [0.1, 0.15) is 67.8 Å². The van der Waals surface area contributed by atoms with Crippen LogP contribution in [-0.4, -0.2) is 20.9 Å². The molecule has 2 aliphatic rings. The summed E-state index contributed by atoms with van der Waals surface area (Å²) in [5, 5.41) is 0. The number of hydrogen-bond acceptors (Lipinski definition) is 3. The highest BCUT2D eigenvalue weighted by Gasteiger charge is 2.25. The van der Waals surface area contributed by atoms with Crippen molar-refractivity contribution >= 4 is 21.6 Å². The molecule has 1 heterocycles. The van der Waals surface area contributed by atoms with E-state index < -0.39 is 10.0 Å². The summed E-state index contributed by atoms with van der Waals surface area (Å²) in [6.45, 7) is 4.24. The molecule has 0 spiro atoms. The molecule has 6 heteroatoms. The Balaban J connectivity index is 1.59. The normalized spacial score (nSPS) is 17.2. The first-order valence-corrected chi connectivity index (χ1v) is 12.4. The van der Waals surface area contributed by atoms with E-state index in [-0.39, 0.29) is 16.8 Å². The predicted octanol–water partition coefficient (Wildman–Crippen LogP) is 4.29. The van der Waals surface area contributed by atoms with E-state index >= 15 is 0 Å². The minimum Gasteiger partial charge on any atom is -0.312 e. The SMILES string of the molecule is CC[C@@H](NS(=O)(=O)c1ccc2c(c1)CCCN2C(C)=O)c1ccc2c(c1)CCCC2. The number of benzene rings is 2. The minimum atomic E-state index is -3.67. The molecule has 0 unspecified atom stereocenters. The fraction of sp³-hybridized carbons (Fsp3) is 0.458. The first-order valence-electron chi connectivity index (χ1n) is 10.9. The highest BCUT2D eigenvalue weighted by Crippen LogP contribution is 2.31. The predicted molar refractivity (Wildman–Crippen MR) is 119 cm³/mol. The van der Waals surface area contributed by atoms with Crippen molar-refractivity contribution in [2.75, 3.05) is 11.4 Å². The van der Waals surface area contributed by atoms with Crippen molar-refractivity contribution in [2.24, 2.45) is 0 Å². The third kappa shape index (κ3) is 4.16. The Morgan fingerprint density at radius 3 is 2.47 bits per heavy atom. The lowest BCUT2D eigenvalue weighted by atomic mass is 9.89. The van der Waals surface area contributed by atoms with Crippen LogP contribution in [0.15, 0.2) is 41.3 Å². The van der Waals surface area contributed by atoms with Gasteiger partial charge in [-0.05, 0) is 85.4 Å². The zero-order valence-electron chi connectivity index (χ0n) is 17.8. The van der Waals surface area contributed by atoms with Crippen molar-refractivity contribution in [3.05, 3.63) is 58.7 Å². The van der Waals surface area contributed by atoms with E-state index in [2.05, 4.69) is 22.9 Å². The van der Waals surface area contributed by atoms with E-state index in [4.69, 9.17) is 0 Å². The van der Waals surface area contributed by atoms with Gasteiger partial charge in [0.15, 0.2) is 0 Å². The zero-order chi connectivity index (χ0) is 21.3. The summed E-state index contributed by atoms with van der Waals surface area (Å²) in [4.78, 5) is 13.9. The number of nitrogens with one attached hydrogen (secondary N) is 1. The van der Waals surface area contributed by atoms with Gasteiger partial charge >= 0.3 is 0 Å². The molecule has 4 rings (SSSR count). The van der Waals surface area contributed by atoms with Crippen LogP contribution in [-0.2, 0) is 34.1 Å². The zero-order valence-corrected chi connectivity index (χ0v) is 18.6. The summed E-state index contributed by atoms with van der Waals surface area (Å²) < 4.78 is 29.3. The summed E-state index contributed by atoms with van der Waals surface area (Å²) in [6.07, 6.45) is 6.93. The number of fused-ring (bicyclic) bond motifs is 2. The van der Waals surface area contributed by atoms with Crippen LogP contribution in [0.5, 0.6) is 0 Å². The molecule has 0 saturated heterocycles. The molecule has 30 heavy (non-hydrogen) atoms. The quantitative estimate of drug-likeness (QED) is 0.775.